The average Bonchev–Trinajstić information content (AvgIpc) is 2.29. The fourth-order valence-corrected chi connectivity index (χ4v) is 2.80. The fourth-order valence-electron chi connectivity index (χ4n) is 1.17. The van der Waals surface area contributed by atoms with Gasteiger partial charge in [0.05, 0.1) is 10.2 Å². The van der Waals surface area contributed by atoms with E-state index in [1.807, 2.05) is 18.2 Å². The van der Waals surface area contributed by atoms with Crippen molar-refractivity contribution in [2.24, 2.45) is 0 Å². The van der Waals surface area contributed by atoms with Gasteiger partial charge in [-0.05, 0) is 59.9 Å². The predicted octanol–water partition coefficient (Wildman–Crippen LogP) is 5.16. The minimum Gasteiger partial charge on any atom is -0.337 e. The van der Waals surface area contributed by atoms with E-state index in [-0.39, 0.29) is 0 Å². The smallest absolute Gasteiger partial charge is 0.149 e. The molecule has 0 radical (unpaired) electrons. The van der Waals surface area contributed by atoms with E-state index >= 15 is 0 Å². The van der Waals surface area contributed by atoms with Crippen molar-refractivity contribution in [3.63, 3.8) is 0 Å². The summed E-state index contributed by atoms with van der Waals surface area (Å²) in [7, 11) is 0. The summed E-state index contributed by atoms with van der Waals surface area (Å²) in [5, 5.41) is 3.54. The van der Waals surface area contributed by atoms with Crippen LogP contribution in [0.3, 0.4) is 0 Å². The van der Waals surface area contributed by atoms with Crippen LogP contribution in [-0.2, 0) is 0 Å². The largest absolute Gasteiger partial charge is 0.337 e. The molecule has 7 heteroatoms. The Kier molecular flexibility index (Phi) is 4.41. The van der Waals surface area contributed by atoms with Crippen molar-refractivity contribution in [2.45, 2.75) is 0 Å². The van der Waals surface area contributed by atoms with Gasteiger partial charge in [0.2, 0.25) is 0 Å². The van der Waals surface area contributed by atoms with Crippen molar-refractivity contribution in [1.29, 1.82) is 0 Å². The maximum absolute atomic E-state index is 5.90. The first-order chi connectivity index (χ1) is 8.09. The second-order valence-corrected chi connectivity index (χ2v) is 5.91. The minimum atomic E-state index is 0.366. The first kappa shape index (κ1) is 13.3. The molecular formula is C10H5Br3ClN3. The van der Waals surface area contributed by atoms with Gasteiger partial charge in [-0.3, -0.25) is 0 Å². The fraction of sp³-hybridized carbons (Fsp3) is 0. The van der Waals surface area contributed by atoms with Crippen LogP contribution in [0.1, 0.15) is 0 Å². The molecule has 2 aromatic rings. The zero-order valence-electron chi connectivity index (χ0n) is 8.22. The van der Waals surface area contributed by atoms with Gasteiger partial charge in [0.1, 0.15) is 17.3 Å². The van der Waals surface area contributed by atoms with Gasteiger partial charge in [0.15, 0.2) is 0 Å². The zero-order chi connectivity index (χ0) is 12.4. The highest BCUT2D eigenvalue weighted by Crippen LogP contribution is 2.35. The van der Waals surface area contributed by atoms with Gasteiger partial charge in [0.25, 0.3) is 0 Å². The summed E-state index contributed by atoms with van der Waals surface area (Å²) in [6, 6.07) is 5.80. The molecule has 0 saturated heterocycles. The molecule has 0 unspecified atom stereocenters. The van der Waals surface area contributed by atoms with Crippen LogP contribution in [0, 0.1) is 0 Å². The van der Waals surface area contributed by atoms with E-state index in [1.54, 1.807) is 0 Å². The molecule has 1 aromatic heterocycles. The summed E-state index contributed by atoms with van der Waals surface area (Å²) in [6.45, 7) is 0. The first-order valence-electron chi connectivity index (χ1n) is 4.46. The van der Waals surface area contributed by atoms with Gasteiger partial charge >= 0.3 is 0 Å². The Morgan fingerprint density at radius 2 is 1.71 bits per heavy atom. The van der Waals surface area contributed by atoms with Crippen LogP contribution in [0.25, 0.3) is 0 Å². The molecule has 0 amide bonds. The van der Waals surface area contributed by atoms with Gasteiger partial charge in [-0.1, -0.05) is 17.7 Å². The summed E-state index contributed by atoms with van der Waals surface area (Å²) in [4.78, 5) is 7.99. The standard InChI is InChI=1S/C10H5Br3ClN3/c11-5-2-1-3-6(12)8(5)17-10-7(13)9(14)15-4-16-10/h1-4H,(H,15,16,17). The van der Waals surface area contributed by atoms with E-state index in [0.29, 0.717) is 15.4 Å². The van der Waals surface area contributed by atoms with E-state index in [9.17, 15) is 0 Å². The van der Waals surface area contributed by atoms with Crippen molar-refractivity contribution >= 4 is 70.9 Å². The molecule has 0 bridgehead atoms. The lowest BCUT2D eigenvalue weighted by molar-refractivity contribution is 1.15. The van der Waals surface area contributed by atoms with Crippen molar-refractivity contribution < 1.29 is 0 Å². The van der Waals surface area contributed by atoms with Gasteiger partial charge < -0.3 is 5.32 Å². The van der Waals surface area contributed by atoms with E-state index in [4.69, 9.17) is 11.6 Å². The molecule has 0 saturated carbocycles. The lowest BCUT2D eigenvalue weighted by Crippen LogP contribution is -1.97. The molecule has 0 aliphatic carbocycles. The summed E-state index contributed by atoms with van der Waals surface area (Å²) < 4.78 is 2.48. The maximum atomic E-state index is 5.90. The second kappa shape index (κ2) is 5.65. The normalized spacial score (nSPS) is 10.4. The van der Waals surface area contributed by atoms with Gasteiger partial charge in [-0.2, -0.15) is 0 Å². The Morgan fingerprint density at radius 1 is 1.06 bits per heavy atom. The lowest BCUT2D eigenvalue weighted by Gasteiger charge is -2.11. The lowest BCUT2D eigenvalue weighted by atomic mass is 10.3. The van der Waals surface area contributed by atoms with E-state index < -0.39 is 0 Å². The zero-order valence-corrected chi connectivity index (χ0v) is 13.7. The highest BCUT2D eigenvalue weighted by atomic mass is 79.9. The molecule has 0 fully saturated rings. The van der Waals surface area contributed by atoms with Crippen LogP contribution < -0.4 is 5.32 Å². The molecular weight excluding hydrogens is 437 g/mol. The van der Waals surface area contributed by atoms with Crippen LogP contribution in [0.4, 0.5) is 11.5 Å². The van der Waals surface area contributed by atoms with Gasteiger partial charge in [-0.15, -0.1) is 0 Å². The number of nitrogens with zero attached hydrogens (tertiary/aromatic N) is 2. The Morgan fingerprint density at radius 3 is 2.35 bits per heavy atom. The number of nitrogens with one attached hydrogen (secondary N) is 1. The highest BCUT2D eigenvalue weighted by molar-refractivity contribution is 9.11. The van der Waals surface area contributed by atoms with E-state index in [0.717, 1.165) is 14.6 Å². The number of hydrogen-bond donors (Lipinski definition) is 1. The topological polar surface area (TPSA) is 37.8 Å². The van der Waals surface area contributed by atoms with Crippen molar-refractivity contribution in [3.05, 3.63) is 43.1 Å². The SMILES string of the molecule is Clc1ncnc(Nc2c(Br)cccc2Br)c1Br. The predicted molar refractivity (Wildman–Crippen MR) is 79.9 cm³/mol. The monoisotopic (exact) mass is 439 g/mol. The van der Waals surface area contributed by atoms with Crippen LogP contribution in [0.5, 0.6) is 0 Å². The van der Waals surface area contributed by atoms with E-state index in [1.165, 1.54) is 6.33 Å². The molecule has 1 aromatic carbocycles. The first-order valence-corrected chi connectivity index (χ1v) is 7.22. The number of halogens is 4. The van der Waals surface area contributed by atoms with Crippen LogP contribution in [0.2, 0.25) is 5.15 Å². The quantitative estimate of drug-likeness (QED) is 0.653. The molecule has 0 aliphatic rings. The van der Waals surface area contributed by atoms with Crippen LogP contribution in [0.15, 0.2) is 37.9 Å². The Hall–Kier alpha value is -0.170. The summed E-state index contributed by atoms with van der Waals surface area (Å²) >= 11 is 16.2. The third-order valence-corrected chi connectivity index (χ3v) is 4.54. The van der Waals surface area contributed by atoms with Crippen molar-refractivity contribution in [2.75, 3.05) is 5.32 Å². The number of para-hydroxylation sites is 1. The van der Waals surface area contributed by atoms with Gasteiger partial charge in [0, 0.05) is 8.95 Å². The highest BCUT2D eigenvalue weighted by Gasteiger charge is 2.10. The summed E-state index contributed by atoms with van der Waals surface area (Å²) in [6.07, 6.45) is 1.40. The number of anilines is 2. The minimum absolute atomic E-state index is 0.366. The maximum Gasteiger partial charge on any atom is 0.149 e. The van der Waals surface area contributed by atoms with Gasteiger partial charge in [-0.25, -0.2) is 9.97 Å². The Balaban J connectivity index is 2.42. The Labute approximate surface area is 128 Å². The third kappa shape index (κ3) is 2.99. The molecule has 3 nitrogen and oxygen atoms in total. The Bertz CT molecular complexity index is 542. The number of rotatable bonds is 2. The third-order valence-electron chi connectivity index (χ3n) is 1.95. The molecule has 1 heterocycles. The van der Waals surface area contributed by atoms with Crippen molar-refractivity contribution in [1.82, 2.24) is 9.97 Å². The molecule has 0 spiro atoms. The van der Waals surface area contributed by atoms with Crippen molar-refractivity contribution in [3.8, 4) is 0 Å². The molecule has 0 atom stereocenters. The molecule has 2 rings (SSSR count). The molecule has 88 valence electrons. The summed E-state index contributed by atoms with van der Waals surface area (Å²) in [5.74, 6) is 0.609. The molecule has 17 heavy (non-hydrogen) atoms. The molecule has 1 N–H and O–H groups in total. The van der Waals surface area contributed by atoms with Crippen LogP contribution >= 0.6 is 59.4 Å². The van der Waals surface area contributed by atoms with E-state index in [2.05, 4.69) is 63.1 Å². The second-order valence-electron chi connectivity index (χ2n) is 3.05. The summed E-state index contributed by atoms with van der Waals surface area (Å²) in [5.41, 5.74) is 0.878. The average molecular weight is 442 g/mol. The number of benzene rings is 1. The number of hydrogen-bond acceptors (Lipinski definition) is 3. The molecule has 0 aliphatic heterocycles. The van der Waals surface area contributed by atoms with Crippen LogP contribution in [-0.4, -0.2) is 9.97 Å². The number of aromatic nitrogens is 2.